The number of amides is 1. The maximum Gasteiger partial charge on any atom is 0.286 e. The van der Waals surface area contributed by atoms with Gasteiger partial charge >= 0.3 is 0 Å². The molecule has 1 unspecified atom stereocenters. The lowest BCUT2D eigenvalue weighted by Gasteiger charge is -2.24. The van der Waals surface area contributed by atoms with Crippen molar-refractivity contribution < 1.29 is 9.53 Å². The molecule has 1 saturated heterocycles. The molecule has 7 nitrogen and oxygen atoms in total. The highest BCUT2D eigenvalue weighted by molar-refractivity contribution is 5.89. The van der Waals surface area contributed by atoms with E-state index >= 15 is 0 Å². The van der Waals surface area contributed by atoms with E-state index in [4.69, 9.17) is 10.5 Å². The first-order valence-corrected chi connectivity index (χ1v) is 9.78. The van der Waals surface area contributed by atoms with Crippen molar-refractivity contribution in [1.82, 2.24) is 15.3 Å². The fourth-order valence-electron chi connectivity index (χ4n) is 3.69. The van der Waals surface area contributed by atoms with E-state index in [1.165, 1.54) is 0 Å². The quantitative estimate of drug-likeness (QED) is 0.763. The van der Waals surface area contributed by atoms with Crippen LogP contribution in [0.3, 0.4) is 0 Å². The van der Waals surface area contributed by atoms with Crippen LogP contribution < -0.4 is 20.7 Å². The van der Waals surface area contributed by atoms with Gasteiger partial charge in [0, 0.05) is 42.0 Å². The van der Waals surface area contributed by atoms with Gasteiger partial charge in [-0.2, -0.15) is 0 Å². The molecule has 0 saturated carbocycles. The molecule has 7 heteroatoms. The van der Waals surface area contributed by atoms with Gasteiger partial charge in [0.25, 0.3) is 5.91 Å². The maximum absolute atomic E-state index is 11.5. The molecule has 1 aromatic heterocycles. The lowest BCUT2D eigenvalue weighted by Crippen LogP contribution is -2.35. The third kappa shape index (κ3) is 4.25. The molecule has 1 aliphatic rings. The number of benzene rings is 1. The molecule has 1 amide bonds. The van der Waals surface area contributed by atoms with Gasteiger partial charge < -0.3 is 20.7 Å². The zero-order chi connectivity index (χ0) is 20.3. The number of hydrogen-bond donors (Lipinski definition) is 2. The predicted molar refractivity (Wildman–Crippen MR) is 110 cm³/mol. The summed E-state index contributed by atoms with van der Waals surface area (Å²) in [5.74, 6) is 1.20. The predicted octanol–water partition coefficient (Wildman–Crippen LogP) is 2.52. The lowest BCUT2D eigenvalue weighted by molar-refractivity contribution is 0.0990. The molecule has 0 bridgehead atoms. The van der Waals surface area contributed by atoms with Gasteiger partial charge in [0.2, 0.25) is 5.82 Å². The molecule has 0 spiro atoms. The highest BCUT2D eigenvalue weighted by Crippen LogP contribution is 2.28. The van der Waals surface area contributed by atoms with E-state index < -0.39 is 5.91 Å². The molecule has 28 heavy (non-hydrogen) atoms. The normalized spacial score (nSPS) is 17.6. The van der Waals surface area contributed by atoms with Crippen molar-refractivity contribution in [3.63, 3.8) is 0 Å². The Labute approximate surface area is 166 Å². The number of aromatic nitrogens is 2. The average Bonchev–Trinajstić information content (AvgIpc) is 3.12. The number of nitrogens with two attached hydrogens (primary N) is 1. The number of primary amides is 1. The van der Waals surface area contributed by atoms with Gasteiger partial charge in [-0.05, 0) is 40.2 Å². The van der Waals surface area contributed by atoms with Gasteiger partial charge in [-0.25, -0.2) is 9.97 Å². The smallest absolute Gasteiger partial charge is 0.286 e. The summed E-state index contributed by atoms with van der Waals surface area (Å²) in [4.78, 5) is 22.4. The second-order valence-corrected chi connectivity index (χ2v) is 7.24. The SMILES string of the molecule is CCOc1ccccc1C(C)N[C@@H]1CCN(c2nc(C(N)=O)nc(C)c2C)C1. The van der Waals surface area contributed by atoms with E-state index in [9.17, 15) is 4.79 Å². The van der Waals surface area contributed by atoms with E-state index in [1.807, 2.05) is 39.0 Å². The third-order valence-corrected chi connectivity index (χ3v) is 5.24. The molecule has 2 atom stereocenters. The summed E-state index contributed by atoms with van der Waals surface area (Å²) in [5.41, 5.74) is 8.32. The maximum atomic E-state index is 11.5. The van der Waals surface area contributed by atoms with Gasteiger partial charge in [0.15, 0.2) is 0 Å². The summed E-state index contributed by atoms with van der Waals surface area (Å²) < 4.78 is 5.77. The van der Waals surface area contributed by atoms with Crippen LogP contribution in [0.1, 0.15) is 53.7 Å². The summed E-state index contributed by atoms with van der Waals surface area (Å²) in [7, 11) is 0. The van der Waals surface area contributed by atoms with E-state index in [2.05, 4.69) is 33.2 Å². The first-order chi connectivity index (χ1) is 13.4. The highest BCUT2D eigenvalue weighted by atomic mass is 16.5. The van der Waals surface area contributed by atoms with Gasteiger partial charge in [-0.15, -0.1) is 0 Å². The topological polar surface area (TPSA) is 93.4 Å². The van der Waals surface area contributed by atoms with E-state index in [-0.39, 0.29) is 11.9 Å². The number of carbonyl (C=O) groups excluding carboxylic acids is 1. The zero-order valence-corrected chi connectivity index (χ0v) is 17.0. The molecule has 0 radical (unpaired) electrons. The number of anilines is 1. The molecule has 2 heterocycles. The molecule has 0 aliphatic carbocycles. The number of nitrogens with one attached hydrogen (secondary N) is 1. The second kappa shape index (κ2) is 8.56. The Kier molecular flexibility index (Phi) is 6.14. The van der Waals surface area contributed by atoms with Crippen molar-refractivity contribution in [3.05, 3.63) is 46.9 Å². The van der Waals surface area contributed by atoms with Crippen LogP contribution in [-0.4, -0.2) is 41.6 Å². The molecule has 3 N–H and O–H groups in total. The van der Waals surface area contributed by atoms with Gasteiger partial charge in [-0.3, -0.25) is 4.79 Å². The fraction of sp³-hybridized carbons (Fsp3) is 0.476. The van der Waals surface area contributed by atoms with Crippen molar-refractivity contribution in [2.24, 2.45) is 5.73 Å². The summed E-state index contributed by atoms with van der Waals surface area (Å²) in [6.45, 7) is 10.4. The number of rotatable bonds is 7. The van der Waals surface area contributed by atoms with Crippen molar-refractivity contribution in [2.45, 2.75) is 46.2 Å². The van der Waals surface area contributed by atoms with Crippen LogP contribution in [0.25, 0.3) is 0 Å². The minimum Gasteiger partial charge on any atom is -0.494 e. The van der Waals surface area contributed by atoms with Crippen LogP contribution in [0.2, 0.25) is 0 Å². The van der Waals surface area contributed by atoms with E-state index in [1.54, 1.807) is 0 Å². The van der Waals surface area contributed by atoms with Gasteiger partial charge in [-0.1, -0.05) is 18.2 Å². The minimum absolute atomic E-state index is 0.0773. The minimum atomic E-state index is -0.598. The van der Waals surface area contributed by atoms with Crippen molar-refractivity contribution in [2.75, 3.05) is 24.6 Å². The monoisotopic (exact) mass is 383 g/mol. The Morgan fingerprint density at radius 1 is 1.36 bits per heavy atom. The molecule has 1 fully saturated rings. The Morgan fingerprint density at radius 3 is 2.82 bits per heavy atom. The number of carbonyl (C=O) groups is 1. The van der Waals surface area contributed by atoms with Crippen molar-refractivity contribution in [1.29, 1.82) is 0 Å². The first kappa shape index (κ1) is 20.1. The zero-order valence-electron chi connectivity index (χ0n) is 17.0. The summed E-state index contributed by atoms with van der Waals surface area (Å²) >= 11 is 0. The standard InChI is InChI=1S/C21H29N5O2/c1-5-28-18-9-7-6-8-17(18)15(4)23-16-10-11-26(12-16)21-13(2)14(3)24-20(25-21)19(22)27/h6-9,15-16,23H,5,10-12H2,1-4H3,(H2,22,27)/t15?,16-/m1/s1. The van der Waals surface area contributed by atoms with Crippen molar-refractivity contribution >= 4 is 11.7 Å². The van der Waals surface area contributed by atoms with Gasteiger partial charge in [0.05, 0.1) is 6.61 Å². The number of nitrogens with zero attached hydrogens (tertiary/aromatic N) is 3. The van der Waals surface area contributed by atoms with Crippen LogP contribution in [-0.2, 0) is 0 Å². The van der Waals surface area contributed by atoms with E-state index in [0.29, 0.717) is 12.6 Å². The summed E-state index contributed by atoms with van der Waals surface area (Å²) in [5, 5.41) is 3.71. The molecular formula is C21H29N5O2. The van der Waals surface area contributed by atoms with Crippen LogP contribution in [0.5, 0.6) is 5.75 Å². The summed E-state index contributed by atoms with van der Waals surface area (Å²) in [6.07, 6.45) is 0.996. The Morgan fingerprint density at radius 2 is 2.11 bits per heavy atom. The Hall–Kier alpha value is -2.67. The molecular weight excluding hydrogens is 354 g/mol. The van der Waals surface area contributed by atoms with Crippen LogP contribution >= 0.6 is 0 Å². The van der Waals surface area contributed by atoms with Crippen LogP contribution in [0.4, 0.5) is 5.82 Å². The third-order valence-electron chi connectivity index (χ3n) is 5.24. The fourth-order valence-corrected chi connectivity index (χ4v) is 3.69. The van der Waals surface area contributed by atoms with Crippen LogP contribution in [0.15, 0.2) is 24.3 Å². The second-order valence-electron chi connectivity index (χ2n) is 7.24. The molecule has 2 aromatic rings. The van der Waals surface area contributed by atoms with E-state index in [0.717, 1.165) is 47.9 Å². The van der Waals surface area contributed by atoms with Gasteiger partial charge in [0.1, 0.15) is 11.6 Å². The highest BCUT2D eigenvalue weighted by Gasteiger charge is 2.27. The lowest BCUT2D eigenvalue weighted by atomic mass is 10.1. The Bertz CT molecular complexity index is 855. The average molecular weight is 383 g/mol. The molecule has 1 aromatic carbocycles. The number of ether oxygens (including phenoxy) is 1. The largest absolute Gasteiger partial charge is 0.494 e. The first-order valence-electron chi connectivity index (χ1n) is 9.78. The Balaban J connectivity index is 1.72. The molecule has 1 aliphatic heterocycles. The number of hydrogen-bond acceptors (Lipinski definition) is 6. The van der Waals surface area contributed by atoms with Crippen LogP contribution in [0, 0.1) is 13.8 Å². The summed E-state index contributed by atoms with van der Waals surface area (Å²) in [6, 6.07) is 8.63. The molecule has 3 rings (SSSR count). The number of aryl methyl sites for hydroxylation is 1. The molecule has 150 valence electrons. The number of para-hydroxylation sites is 1. The van der Waals surface area contributed by atoms with Crippen molar-refractivity contribution in [3.8, 4) is 5.75 Å².